The number of aliphatic hydroxyl groups excluding tert-OH is 1. The summed E-state index contributed by atoms with van der Waals surface area (Å²) in [5.41, 5.74) is 3.81. The Hall–Kier alpha value is -0.860. The summed E-state index contributed by atoms with van der Waals surface area (Å²) < 4.78 is 0. The standard InChI is InChI=1S/C18H29NO/c1-14-10-15(2)12-16(11-14)13-17(20)18(19(3)4)8-6-5-7-9-18/h10-12,17,20H,5-9,13H2,1-4H3. The van der Waals surface area contributed by atoms with Gasteiger partial charge in [-0.05, 0) is 46.3 Å². The molecule has 1 saturated carbocycles. The summed E-state index contributed by atoms with van der Waals surface area (Å²) in [5.74, 6) is 0. The highest BCUT2D eigenvalue weighted by Crippen LogP contribution is 2.36. The van der Waals surface area contributed by atoms with Crippen LogP contribution in [-0.4, -0.2) is 35.7 Å². The van der Waals surface area contributed by atoms with Crippen molar-refractivity contribution in [2.75, 3.05) is 14.1 Å². The van der Waals surface area contributed by atoms with Crippen molar-refractivity contribution in [3.63, 3.8) is 0 Å². The average molecular weight is 275 g/mol. The summed E-state index contributed by atoms with van der Waals surface area (Å²) in [6.07, 6.45) is 6.51. The molecule has 112 valence electrons. The molecule has 20 heavy (non-hydrogen) atoms. The van der Waals surface area contributed by atoms with Gasteiger partial charge in [-0.2, -0.15) is 0 Å². The van der Waals surface area contributed by atoms with Crippen LogP contribution >= 0.6 is 0 Å². The Balaban J connectivity index is 2.17. The van der Waals surface area contributed by atoms with Crippen molar-refractivity contribution in [2.24, 2.45) is 0 Å². The molecule has 1 aliphatic carbocycles. The monoisotopic (exact) mass is 275 g/mol. The van der Waals surface area contributed by atoms with Gasteiger partial charge < -0.3 is 10.0 Å². The van der Waals surface area contributed by atoms with Crippen LogP contribution < -0.4 is 0 Å². The van der Waals surface area contributed by atoms with Gasteiger partial charge in [0.25, 0.3) is 0 Å². The predicted molar refractivity (Wildman–Crippen MR) is 85.1 cm³/mol. The van der Waals surface area contributed by atoms with Crippen molar-refractivity contribution < 1.29 is 5.11 Å². The van der Waals surface area contributed by atoms with Crippen LogP contribution in [0.5, 0.6) is 0 Å². The maximum absolute atomic E-state index is 10.9. The first kappa shape index (κ1) is 15.5. The quantitative estimate of drug-likeness (QED) is 0.909. The number of aliphatic hydroxyl groups is 1. The molecule has 1 aromatic carbocycles. The van der Waals surface area contributed by atoms with Crippen molar-refractivity contribution in [1.29, 1.82) is 0 Å². The third-order valence-corrected chi connectivity index (χ3v) is 4.94. The van der Waals surface area contributed by atoms with Gasteiger partial charge in [0.1, 0.15) is 0 Å². The Bertz CT molecular complexity index is 426. The molecule has 0 aliphatic heterocycles. The van der Waals surface area contributed by atoms with Crippen LogP contribution in [-0.2, 0) is 6.42 Å². The van der Waals surface area contributed by atoms with Gasteiger partial charge in [-0.3, -0.25) is 0 Å². The molecule has 0 spiro atoms. The lowest BCUT2D eigenvalue weighted by Gasteiger charge is -2.46. The van der Waals surface area contributed by atoms with E-state index in [1.165, 1.54) is 36.0 Å². The molecule has 1 unspecified atom stereocenters. The molecule has 1 aromatic rings. The van der Waals surface area contributed by atoms with Gasteiger partial charge in [0.05, 0.1) is 6.10 Å². The second kappa shape index (κ2) is 6.28. The van der Waals surface area contributed by atoms with Crippen molar-refractivity contribution in [3.05, 3.63) is 34.9 Å². The summed E-state index contributed by atoms with van der Waals surface area (Å²) in [6, 6.07) is 6.61. The minimum Gasteiger partial charge on any atom is -0.391 e. The van der Waals surface area contributed by atoms with Gasteiger partial charge in [0.2, 0.25) is 0 Å². The van der Waals surface area contributed by atoms with Crippen molar-refractivity contribution in [3.8, 4) is 0 Å². The summed E-state index contributed by atoms with van der Waals surface area (Å²) in [4.78, 5) is 2.26. The molecule has 0 heterocycles. The highest BCUT2D eigenvalue weighted by Gasteiger charge is 2.40. The van der Waals surface area contributed by atoms with Crippen molar-refractivity contribution >= 4 is 0 Å². The topological polar surface area (TPSA) is 23.5 Å². The molecular formula is C18H29NO. The van der Waals surface area contributed by atoms with Gasteiger partial charge in [0.15, 0.2) is 0 Å². The Morgan fingerprint density at radius 2 is 1.60 bits per heavy atom. The Morgan fingerprint density at radius 3 is 2.10 bits per heavy atom. The lowest BCUT2D eigenvalue weighted by atomic mass is 9.75. The van der Waals surface area contributed by atoms with E-state index < -0.39 is 0 Å². The van der Waals surface area contributed by atoms with Gasteiger partial charge in [0, 0.05) is 12.0 Å². The van der Waals surface area contributed by atoms with Crippen LogP contribution in [0.4, 0.5) is 0 Å². The zero-order chi connectivity index (χ0) is 14.8. The Labute approximate surface area is 123 Å². The molecule has 0 radical (unpaired) electrons. The van der Waals surface area contributed by atoms with Crippen LogP contribution in [0.1, 0.15) is 48.8 Å². The zero-order valence-corrected chi connectivity index (χ0v) is 13.4. The fourth-order valence-electron chi connectivity index (χ4n) is 3.84. The van der Waals surface area contributed by atoms with Gasteiger partial charge in [-0.1, -0.05) is 48.6 Å². The molecule has 2 rings (SSSR count). The van der Waals surface area contributed by atoms with Crippen molar-refractivity contribution in [1.82, 2.24) is 4.90 Å². The number of hydrogen-bond donors (Lipinski definition) is 1. The van der Waals surface area contributed by atoms with Crippen molar-refractivity contribution in [2.45, 2.75) is 64.0 Å². The molecule has 0 amide bonds. The third kappa shape index (κ3) is 3.24. The number of benzene rings is 1. The van der Waals surface area contributed by atoms with E-state index in [9.17, 15) is 5.11 Å². The molecule has 1 aliphatic rings. The fraction of sp³-hybridized carbons (Fsp3) is 0.667. The summed E-state index contributed by atoms with van der Waals surface area (Å²) in [7, 11) is 4.24. The first-order chi connectivity index (χ1) is 9.44. The molecule has 2 nitrogen and oxygen atoms in total. The molecule has 1 fully saturated rings. The molecule has 0 saturated heterocycles. The number of likely N-dealkylation sites (N-methyl/N-ethyl adjacent to an activating group) is 1. The van der Waals surface area contributed by atoms with E-state index in [0.717, 1.165) is 19.3 Å². The number of rotatable bonds is 4. The maximum atomic E-state index is 10.9. The van der Waals surface area contributed by atoms with Crippen LogP contribution in [0.25, 0.3) is 0 Å². The van der Waals surface area contributed by atoms with E-state index in [1.54, 1.807) is 0 Å². The highest BCUT2D eigenvalue weighted by molar-refractivity contribution is 5.29. The number of hydrogen-bond acceptors (Lipinski definition) is 2. The van der Waals surface area contributed by atoms with Gasteiger partial charge in [-0.25, -0.2) is 0 Å². The van der Waals surface area contributed by atoms with Gasteiger partial charge >= 0.3 is 0 Å². The predicted octanol–water partition coefficient (Wildman–Crippen LogP) is 3.47. The molecule has 0 bridgehead atoms. The Kier molecular flexibility index (Phi) is 4.87. The van der Waals surface area contributed by atoms with E-state index in [2.05, 4.69) is 51.0 Å². The van der Waals surface area contributed by atoms with Crippen LogP contribution in [0.3, 0.4) is 0 Å². The molecule has 1 atom stereocenters. The number of aryl methyl sites for hydroxylation is 2. The Morgan fingerprint density at radius 1 is 1.05 bits per heavy atom. The van der Waals surface area contributed by atoms with E-state index in [0.29, 0.717) is 0 Å². The lowest BCUT2D eigenvalue weighted by molar-refractivity contribution is -0.0310. The second-order valence-electron chi connectivity index (χ2n) is 6.77. The largest absolute Gasteiger partial charge is 0.391 e. The molecule has 1 N–H and O–H groups in total. The van der Waals surface area contributed by atoms with E-state index in [4.69, 9.17) is 0 Å². The van der Waals surface area contributed by atoms with E-state index in [-0.39, 0.29) is 11.6 Å². The van der Waals surface area contributed by atoms with Crippen LogP contribution in [0.15, 0.2) is 18.2 Å². The zero-order valence-electron chi connectivity index (χ0n) is 13.4. The SMILES string of the molecule is Cc1cc(C)cc(CC(O)C2(N(C)C)CCCCC2)c1. The van der Waals surface area contributed by atoms with Crippen LogP contribution in [0, 0.1) is 13.8 Å². The van der Waals surface area contributed by atoms with E-state index in [1.807, 2.05) is 0 Å². The second-order valence-corrected chi connectivity index (χ2v) is 6.77. The minimum atomic E-state index is -0.279. The van der Waals surface area contributed by atoms with E-state index >= 15 is 0 Å². The summed E-state index contributed by atoms with van der Waals surface area (Å²) in [6.45, 7) is 4.26. The highest BCUT2D eigenvalue weighted by atomic mass is 16.3. The third-order valence-electron chi connectivity index (χ3n) is 4.94. The maximum Gasteiger partial charge on any atom is 0.0763 e. The summed E-state index contributed by atoms with van der Waals surface area (Å²) in [5, 5.41) is 10.9. The smallest absolute Gasteiger partial charge is 0.0763 e. The van der Waals surface area contributed by atoms with Gasteiger partial charge in [-0.15, -0.1) is 0 Å². The average Bonchev–Trinajstić information content (AvgIpc) is 2.38. The first-order valence-electron chi connectivity index (χ1n) is 7.87. The van der Waals surface area contributed by atoms with Crippen LogP contribution in [0.2, 0.25) is 0 Å². The fourth-order valence-corrected chi connectivity index (χ4v) is 3.84. The normalized spacial score (nSPS) is 20.1. The lowest BCUT2D eigenvalue weighted by Crippen LogP contribution is -2.55. The number of nitrogens with zero attached hydrogens (tertiary/aromatic N) is 1. The summed E-state index contributed by atoms with van der Waals surface area (Å²) >= 11 is 0. The first-order valence-corrected chi connectivity index (χ1v) is 7.87. The molecule has 2 heteroatoms. The molecular weight excluding hydrogens is 246 g/mol. The minimum absolute atomic E-state index is 0.0318. The molecule has 0 aromatic heterocycles.